The molecule has 29 heavy (non-hydrogen) atoms. The molecule has 1 aliphatic heterocycles. The van der Waals surface area contributed by atoms with Crippen LogP contribution in [0, 0.1) is 5.82 Å². The van der Waals surface area contributed by atoms with Crippen molar-refractivity contribution < 1.29 is 9.18 Å². The zero-order valence-electron chi connectivity index (χ0n) is 16.5. The summed E-state index contributed by atoms with van der Waals surface area (Å²) < 4.78 is 16.5. The minimum Gasteiger partial charge on any atom is -0.356 e. The first-order valence-corrected chi connectivity index (χ1v) is 9.86. The number of aromatic nitrogens is 3. The van der Waals surface area contributed by atoms with Crippen molar-refractivity contribution in [1.82, 2.24) is 19.9 Å². The van der Waals surface area contributed by atoms with Crippen LogP contribution in [0.25, 0.3) is 22.2 Å². The van der Waals surface area contributed by atoms with Crippen LogP contribution in [0.1, 0.15) is 55.7 Å². The number of carbonyl (C=O) groups is 1. The number of rotatable bonds is 4. The summed E-state index contributed by atoms with van der Waals surface area (Å²) in [5, 5.41) is 6.52. The largest absolute Gasteiger partial charge is 0.356 e. The van der Waals surface area contributed by atoms with Gasteiger partial charge in [0.25, 0.3) is 11.5 Å². The minimum atomic E-state index is -0.491. The highest BCUT2D eigenvalue weighted by atomic mass is 19.1. The summed E-state index contributed by atoms with van der Waals surface area (Å²) >= 11 is 0. The van der Waals surface area contributed by atoms with Gasteiger partial charge in [-0.15, -0.1) is 0 Å². The maximum atomic E-state index is 15.0. The van der Waals surface area contributed by atoms with Crippen LogP contribution in [0.4, 0.5) is 10.3 Å². The molecule has 1 atom stereocenters. The van der Waals surface area contributed by atoms with Gasteiger partial charge in [-0.2, -0.15) is 0 Å². The normalized spacial score (nSPS) is 19.3. The number of nitrogens with one attached hydrogen (secondary N) is 3. The second kappa shape index (κ2) is 5.92. The molecule has 1 fully saturated rings. The van der Waals surface area contributed by atoms with E-state index in [0.717, 1.165) is 12.8 Å². The lowest BCUT2D eigenvalue weighted by Gasteiger charge is -2.18. The predicted octanol–water partition coefficient (Wildman–Crippen LogP) is 3.32. The van der Waals surface area contributed by atoms with Crippen molar-refractivity contribution in [1.29, 1.82) is 0 Å². The molecule has 0 bridgehead atoms. The van der Waals surface area contributed by atoms with Gasteiger partial charge >= 0.3 is 0 Å². The van der Waals surface area contributed by atoms with E-state index >= 15 is 0 Å². The first-order valence-electron chi connectivity index (χ1n) is 9.86. The molecule has 0 unspecified atom stereocenters. The Bertz CT molecular complexity index is 1240. The van der Waals surface area contributed by atoms with Crippen LogP contribution in [-0.2, 0) is 6.54 Å². The van der Waals surface area contributed by atoms with Crippen molar-refractivity contribution in [3.05, 3.63) is 45.6 Å². The van der Waals surface area contributed by atoms with Gasteiger partial charge in [-0.3, -0.25) is 14.2 Å². The van der Waals surface area contributed by atoms with E-state index in [4.69, 9.17) is 0 Å². The molecule has 0 radical (unpaired) electrons. The second-order valence-corrected chi connectivity index (χ2v) is 8.19. The molecule has 150 valence electrons. The highest BCUT2D eigenvalue weighted by molar-refractivity contribution is 6.01. The van der Waals surface area contributed by atoms with Crippen LogP contribution in [0.15, 0.2) is 23.0 Å². The summed E-state index contributed by atoms with van der Waals surface area (Å²) in [6, 6.07) is 4.21. The molecule has 2 aliphatic rings. The fourth-order valence-electron chi connectivity index (χ4n) is 3.97. The topological polar surface area (TPSA) is 91.8 Å². The van der Waals surface area contributed by atoms with Crippen molar-refractivity contribution in [2.75, 3.05) is 5.32 Å². The Kier molecular flexibility index (Phi) is 3.65. The SMILES string of the molecule is CCn1c(NC2(C)CC2)nc2c(-c3cc4c([nH]3)[C@@H](C)NC4=O)c(F)ccc2c1=O. The Morgan fingerprint density at radius 1 is 1.34 bits per heavy atom. The number of carbonyl (C=O) groups excluding carboxylic acids is 1. The summed E-state index contributed by atoms with van der Waals surface area (Å²) in [5.74, 6) is -0.238. The fourth-order valence-corrected chi connectivity index (χ4v) is 3.97. The number of benzene rings is 1. The monoisotopic (exact) mass is 395 g/mol. The molecular weight excluding hydrogens is 373 g/mol. The fraction of sp³-hybridized carbons (Fsp3) is 0.381. The maximum absolute atomic E-state index is 15.0. The summed E-state index contributed by atoms with van der Waals surface area (Å²) in [4.78, 5) is 33.1. The molecule has 0 spiro atoms. The van der Waals surface area contributed by atoms with E-state index in [1.165, 1.54) is 12.1 Å². The van der Waals surface area contributed by atoms with Crippen molar-refractivity contribution in [2.24, 2.45) is 0 Å². The summed E-state index contributed by atoms with van der Waals surface area (Å²) in [7, 11) is 0. The van der Waals surface area contributed by atoms with Gasteiger partial charge in [0, 0.05) is 12.1 Å². The van der Waals surface area contributed by atoms with Gasteiger partial charge in [0.05, 0.1) is 39.5 Å². The second-order valence-electron chi connectivity index (χ2n) is 8.19. The quantitative estimate of drug-likeness (QED) is 0.632. The van der Waals surface area contributed by atoms with E-state index in [1.54, 1.807) is 10.6 Å². The highest BCUT2D eigenvalue weighted by Gasteiger charge is 2.38. The third-order valence-electron chi connectivity index (χ3n) is 5.95. The average molecular weight is 395 g/mol. The molecule has 5 rings (SSSR count). The Morgan fingerprint density at radius 3 is 2.76 bits per heavy atom. The van der Waals surface area contributed by atoms with Crippen molar-refractivity contribution >= 4 is 22.8 Å². The van der Waals surface area contributed by atoms with Gasteiger partial charge < -0.3 is 15.6 Å². The van der Waals surface area contributed by atoms with Crippen molar-refractivity contribution in [2.45, 2.75) is 51.7 Å². The van der Waals surface area contributed by atoms with Crippen molar-refractivity contribution in [3.63, 3.8) is 0 Å². The smallest absolute Gasteiger partial charge is 0.262 e. The number of halogens is 1. The van der Waals surface area contributed by atoms with E-state index in [1.807, 2.05) is 13.8 Å². The maximum Gasteiger partial charge on any atom is 0.262 e. The van der Waals surface area contributed by atoms with Gasteiger partial charge in [-0.05, 0) is 51.8 Å². The summed E-state index contributed by atoms with van der Waals surface area (Å²) in [5.41, 5.74) is 1.86. The molecule has 8 heteroatoms. The predicted molar refractivity (Wildman–Crippen MR) is 109 cm³/mol. The summed E-state index contributed by atoms with van der Waals surface area (Å²) in [6.45, 7) is 6.28. The number of fused-ring (bicyclic) bond motifs is 2. The molecule has 2 aromatic heterocycles. The van der Waals surface area contributed by atoms with Gasteiger partial charge in [0.15, 0.2) is 0 Å². The lowest BCUT2D eigenvalue weighted by Crippen LogP contribution is -2.28. The van der Waals surface area contributed by atoms with Gasteiger partial charge in [-0.1, -0.05) is 0 Å². The lowest BCUT2D eigenvalue weighted by molar-refractivity contribution is 0.0958. The number of anilines is 1. The first kappa shape index (κ1) is 17.9. The number of hydrogen-bond donors (Lipinski definition) is 3. The zero-order chi connectivity index (χ0) is 20.5. The van der Waals surface area contributed by atoms with Crippen LogP contribution >= 0.6 is 0 Å². The average Bonchev–Trinajstić information content (AvgIpc) is 3.12. The molecule has 3 aromatic rings. The van der Waals surface area contributed by atoms with E-state index < -0.39 is 5.82 Å². The molecule has 1 amide bonds. The zero-order valence-corrected chi connectivity index (χ0v) is 16.5. The van der Waals surface area contributed by atoms with Gasteiger partial charge in [0.1, 0.15) is 5.82 Å². The molecule has 0 saturated heterocycles. The van der Waals surface area contributed by atoms with Crippen LogP contribution in [0.2, 0.25) is 0 Å². The lowest BCUT2D eigenvalue weighted by atomic mass is 10.1. The molecular formula is C21H22FN5O2. The number of aromatic amines is 1. The Morgan fingerprint density at radius 2 is 2.10 bits per heavy atom. The summed E-state index contributed by atoms with van der Waals surface area (Å²) in [6.07, 6.45) is 1.99. The molecule has 7 nitrogen and oxygen atoms in total. The number of H-pyrrole nitrogens is 1. The third-order valence-corrected chi connectivity index (χ3v) is 5.95. The van der Waals surface area contributed by atoms with Crippen LogP contribution in [0.5, 0.6) is 0 Å². The van der Waals surface area contributed by atoms with E-state index in [2.05, 4.69) is 27.5 Å². The standard InChI is InChI=1S/C21H22FN5O2/c1-4-27-19(29)11-5-6-13(22)15(17(11)25-20(27)26-21(3)7-8-21)14-9-12-16(24-14)10(2)23-18(12)28/h5-6,9-10,24H,4,7-8H2,1-3H3,(H,23,28)(H,25,26)/t10-/m1/s1. The molecule has 3 heterocycles. The number of amides is 1. The first-order chi connectivity index (χ1) is 13.8. The highest BCUT2D eigenvalue weighted by Crippen LogP contribution is 2.38. The molecule has 1 aliphatic carbocycles. The van der Waals surface area contributed by atoms with Crippen LogP contribution < -0.4 is 16.2 Å². The van der Waals surface area contributed by atoms with Gasteiger partial charge in [0.2, 0.25) is 5.95 Å². The number of nitrogens with zero attached hydrogens (tertiary/aromatic N) is 2. The van der Waals surface area contributed by atoms with Crippen LogP contribution in [0.3, 0.4) is 0 Å². The van der Waals surface area contributed by atoms with Gasteiger partial charge in [-0.25, -0.2) is 9.37 Å². The van der Waals surface area contributed by atoms with Crippen LogP contribution in [-0.4, -0.2) is 26.0 Å². The van der Waals surface area contributed by atoms with E-state index in [0.29, 0.717) is 40.3 Å². The minimum absolute atomic E-state index is 0.0847. The molecule has 1 saturated carbocycles. The Hall–Kier alpha value is -3.16. The Labute approximate surface area is 166 Å². The Balaban J connectivity index is 1.77. The third kappa shape index (κ3) is 2.66. The molecule has 1 aromatic carbocycles. The van der Waals surface area contributed by atoms with E-state index in [9.17, 15) is 14.0 Å². The molecule has 3 N–H and O–H groups in total. The van der Waals surface area contributed by atoms with E-state index in [-0.39, 0.29) is 28.6 Å². The number of hydrogen-bond acceptors (Lipinski definition) is 4. The van der Waals surface area contributed by atoms with Crippen molar-refractivity contribution in [3.8, 4) is 11.3 Å².